The third-order valence-electron chi connectivity index (χ3n) is 2.07. The Labute approximate surface area is 102 Å². The molecule has 0 aliphatic rings. The predicted molar refractivity (Wildman–Crippen MR) is 65.8 cm³/mol. The van der Waals surface area contributed by atoms with Crippen LogP contribution in [0.2, 0.25) is 0 Å². The maximum absolute atomic E-state index is 10.3. The number of hydrogen-bond acceptors (Lipinski definition) is 3. The van der Waals surface area contributed by atoms with Crippen molar-refractivity contribution in [1.82, 2.24) is 5.32 Å². The molecule has 0 bridgehead atoms. The molecule has 100 valence electrons. The van der Waals surface area contributed by atoms with Gasteiger partial charge in [-0.15, -0.1) is 0 Å². The quantitative estimate of drug-likeness (QED) is 0.568. The average Bonchev–Trinajstić information content (AvgIpc) is 2.23. The molecule has 0 saturated carbocycles. The van der Waals surface area contributed by atoms with Crippen molar-refractivity contribution in [3.63, 3.8) is 0 Å². The van der Waals surface area contributed by atoms with Gasteiger partial charge in [-0.25, -0.2) is 0 Å². The topological polar surface area (TPSA) is 115 Å². The van der Waals surface area contributed by atoms with Crippen molar-refractivity contribution in [3.8, 4) is 0 Å². The molecule has 0 aliphatic carbocycles. The fourth-order valence-corrected chi connectivity index (χ4v) is 0.728. The van der Waals surface area contributed by atoms with Gasteiger partial charge in [0.05, 0.1) is 0 Å². The monoisotopic (exact) mass is 245 g/mol. The second kappa shape index (κ2) is 10.9. The molecule has 17 heavy (non-hydrogen) atoms. The number of hydrogen-bond donors (Lipinski definition) is 3. The molecule has 0 aliphatic heterocycles. The Morgan fingerprint density at radius 3 is 2.00 bits per heavy atom. The first-order valence-electron chi connectivity index (χ1n) is 5.63. The fraction of sp³-hybridized carbons (Fsp3) is 0.727. The maximum Gasteiger partial charge on any atom is 0.220 e. The summed E-state index contributed by atoms with van der Waals surface area (Å²) in [5.74, 6) is -0.572. The fourth-order valence-electron chi connectivity index (χ4n) is 0.728. The first-order chi connectivity index (χ1) is 7.81. The van der Waals surface area contributed by atoms with Gasteiger partial charge < -0.3 is 16.8 Å². The van der Waals surface area contributed by atoms with E-state index >= 15 is 0 Å². The molecule has 0 spiro atoms. The van der Waals surface area contributed by atoms with Crippen molar-refractivity contribution in [2.45, 2.75) is 40.0 Å². The molecule has 0 aromatic heterocycles. The molecule has 0 radical (unpaired) electrons. The van der Waals surface area contributed by atoms with Gasteiger partial charge in [-0.2, -0.15) is 0 Å². The summed E-state index contributed by atoms with van der Waals surface area (Å²) < 4.78 is 0. The minimum atomic E-state index is -0.328. The minimum Gasteiger partial charge on any atom is -0.370 e. The number of rotatable bonds is 6. The Kier molecular flexibility index (Phi) is 11.4. The van der Waals surface area contributed by atoms with E-state index in [1.165, 1.54) is 6.92 Å². The number of carbonyl (C=O) groups excluding carboxylic acids is 3. The third kappa shape index (κ3) is 17.0. The normalized spacial score (nSPS) is 10.8. The van der Waals surface area contributed by atoms with Crippen LogP contribution < -0.4 is 16.8 Å². The van der Waals surface area contributed by atoms with Crippen molar-refractivity contribution in [2.24, 2.45) is 17.4 Å². The molecule has 0 rings (SSSR count). The molecule has 0 aromatic rings. The van der Waals surface area contributed by atoms with Crippen LogP contribution in [0.15, 0.2) is 0 Å². The molecular weight excluding hydrogens is 222 g/mol. The molecular formula is C11H23N3O3. The van der Waals surface area contributed by atoms with E-state index in [9.17, 15) is 14.4 Å². The number of nitrogens with one attached hydrogen (secondary N) is 1. The number of nitrogens with two attached hydrogens (primary N) is 2. The van der Waals surface area contributed by atoms with Gasteiger partial charge in [-0.1, -0.05) is 13.8 Å². The zero-order chi connectivity index (χ0) is 13.8. The first kappa shape index (κ1) is 17.8. The summed E-state index contributed by atoms with van der Waals surface area (Å²) in [4.78, 5) is 30.6. The van der Waals surface area contributed by atoms with Crippen molar-refractivity contribution >= 4 is 17.7 Å². The molecule has 1 unspecified atom stereocenters. The predicted octanol–water partition coefficient (Wildman–Crippen LogP) is -0.0942. The molecule has 1 atom stereocenters. The highest BCUT2D eigenvalue weighted by atomic mass is 16.2. The van der Waals surface area contributed by atoms with E-state index in [0.29, 0.717) is 19.4 Å². The van der Waals surface area contributed by atoms with Crippen molar-refractivity contribution < 1.29 is 14.4 Å². The van der Waals surface area contributed by atoms with Gasteiger partial charge in [-0.05, 0) is 12.8 Å². The average molecular weight is 245 g/mol. The summed E-state index contributed by atoms with van der Waals surface area (Å²) in [7, 11) is 0. The number of primary amides is 2. The molecule has 0 saturated heterocycles. The highest BCUT2D eigenvalue weighted by Crippen LogP contribution is 1.96. The summed E-state index contributed by atoms with van der Waals surface area (Å²) >= 11 is 0. The Balaban J connectivity index is 0. The second-order valence-corrected chi connectivity index (χ2v) is 3.76. The van der Waals surface area contributed by atoms with E-state index in [1.54, 1.807) is 0 Å². The standard InChI is InChI=1S/C6H12N2O2.C5H11NO/c1-5(9)8-4-2-3-6(7)10;1-3-4(2)5(6)7/h2-4H2,1H3,(H2,7,10)(H,8,9);4H,3H2,1-2H3,(H2,6,7). The Bertz CT molecular complexity index is 238. The van der Waals surface area contributed by atoms with Crippen LogP contribution in [-0.2, 0) is 14.4 Å². The lowest BCUT2D eigenvalue weighted by Gasteiger charge is -1.98. The van der Waals surface area contributed by atoms with Crippen molar-refractivity contribution in [2.75, 3.05) is 6.54 Å². The molecule has 5 N–H and O–H groups in total. The minimum absolute atomic E-state index is 0.0417. The Morgan fingerprint density at radius 1 is 1.24 bits per heavy atom. The van der Waals surface area contributed by atoms with Crippen LogP contribution in [0.25, 0.3) is 0 Å². The number of carbonyl (C=O) groups is 3. The van der Waals surface area contributed by atoms with E-state index in [4.69, 9.17) is 11.5 Å². The molecule has 0 aromatic carbocycles. The lowest BCUT2D eigenvalue weighted by Crippen LogP contribution is -2.22. The van der Waals surface area contributed by atoms with E-state index in [1.807, 2.05) is 13.8 Å². The van der Waals surface area contributed by atoms with Crippen LogP contribution in [0.1, 0.15) is 40.0 Å². The summed E-state index contributed by atoms with van der Waals surface area (Å²) in [6.45, 7) is 5.72. The zero-order valence-electron chi connectivity index (χ0n) is 10.8. The maximum atomic E-state index is 10.3. The highest BCUT2D eigenvalue weighted by Gasteiger charge is 2.02. The summed E-state index contributed by atoms with van der Waals surface area (Å²) in [6.07, 6.45) is 1.80. The van der Waals surface area contributed by atoms with E-state index < -0.39 is 0 Å². The largest absolute Gasteiger partial charge is 0.370 e. The van der Waals surface area contributed by atoms with Crippen LogP contribution >= 0.6 is 0 Å². The van der Waals surface area contributed by atoms with Gasteiger partial charge in [0.25, 0.3) is 0 Å². The zero-order valence-corrected chi connectivity index (χ0v) is 10.8. The highest BCUT2D eigenvalue weighted by molar-refractivity contribution is 5.76. The van der Waals surface area contributed by atoms with Crippen LogP contribution in [0.3, 0.4) is 0 Å². The van der Waals surface area contributed by atoms with E-state index in [2.05, 4.69) is 5.32 Å². The van der Waals surface area contributed by atoms with Crippen LogP contribution in [0, 0.1) is 5.92 Å². The second-order valence-electron chi connectivity index (χ2n) is 3.76. The lowest BCUT2D eigenvalue weighted by molar-refractivity contribution is -0.121. The SMILES string of the molecule is CC(=O)NCCCC(N)=O.CCC(C)C(N)=O. The Morgan fingerprint density at radius 2 is 1.76 bits per heavy atom. The smallest absolute Gasteiger partial charge is 0.220 e. The van der Waals surface area contributed by atoms with Crippen LogP contribution in [-0.4, -0.2) is 24.3 Å². The van der Waals surface area contributed by atoms with Crippen LogP contribution in [0.5, 0.6) is 0 Å². The first-order valence-corrected chi connectivity index (χ1v) is 5.63. The number of amides is 3. The third-order valence-corrected chi connectivity index (χ3v) is 2.07. The molecule has 6 heteroatoms. The van der Waals surface area contributed by atoms with Gasteiger partial charge in [0.1, 0.15) is 0 Å². The molecule has 0 heterocycles. The van der Waals surface area contributed by atoms with E-state index in [-0.39, 0.29) is 23.6 Å². The van der Waals surface area contributed by atoms with Gasteiger partial charge in [0, 0.05) is 25.8 Å². The summed E-state index contributed by atoms with van der Waals surface area (Å²) in [5.41, 5.74) is 9.77. The van der Waals surface area contributed by atoms with Gasteiger partial charge in [-0.3, -0.25) is 14.4 Å². The molecule has 3 amide bonds. The lowest BCUT2D eigenvalue weighted by atomic mass is 10.1. The molecule has 6 nitrogen and oxygen atoms in total. The van der Waals surface area contributed by atoms with Crippen molar-refractivity contribution in [1.29, 1.82) is 0 Å². The van der Waals surface area contributed by atoms with Gasteiger partial charge in [0.15, 0.2) is 0 Å². The van der Waals surface area contributed by atoms with Gasteiger partial charge >= 0.3 is 0 Å². The van der Waals surface area contributed by atoms with Crippen LogP contribution in [0.4, 0.5) is 0 Å². The Hall–Kier alpha value is -1.59. The van der Waals surface area contributed by atoms with Gasteiger partial charge in [0.2, 0.25) is 17.7 Å². The molecule has 0 fully saturated rings. The van der Waals surface area contributed by atoms with Crippen molar-refractivity contribution in [3.05, 3.63) is 0 Å². The summed E-state index contributed by atoms with van der Waals surface area (Å²) in [5, 5.41) is 2.55. The summed E-state index contributed by atoms with van der Waals surface area (Å²) in [6, 6.07) is 0. The van der Waals surface area contributed by atoms with E-state index in [0.717, 1.165) is 6.42 Å².